The van der Waals surface area contributed by atoms with Crippen LogP contribution in [-0.4, -0.2) is 7.11 Å². The molecule has 0 fully saturated rings. The van der Waals surface area contributed by atoms with Gasteiger partial charge in [-0.25, -0.2) is 4.39 Å². The number of hydrogen-bond acceptors (Lipinski definition) is 1. The van der Waals surface area contributed by atoms with Gasteiger partial charge in [0.05, 0.1) is 11.9 Å². The molecule has 0 amide bonds. The lowest BCUT2D eigenvalue weighted by Gasteiger charge is -2.16. The Kier molecular flexibility index (Phi) is 4.25. The molecule has 1 unspecified atom stereocenters. The molecule has 0 aliphatic rings. The summed E-state index contributed by atoms with van der Waals surface area (Å²) in [7, 11) is 1.65. The Bertz CT molecular complexity index is 595. The zero-order valence-electron chi connectivity index (χ0n) is 11.2. The van der Waals surface area contributed by atoms with Gasteiger partial charge >= 0.3 is 0 Å². The van der Waals surface area contributed by atoms with Crippen molar-refractivity contribution >= 4 is 15.9 Å². The van der Waals surface area contributed by atoms with Crippen molar-refractivity contribution in [3.05, 3.63) is 64.5 Å². The van der Waals surface area contributed by atoms with E-state index in [9.17, 15) is 4.39 Å². The van der Waals surface area contributed by atoms with Crippen LogP contribution in [0.15, 0.2) is 36.4 Å². The van der Waals surface area contributed by atoms with E-state index in [0.29, 0.717) is 0 Å². The Balaban J connectivity index is 2.43. The van der Waals surface area contributed by atoms with Crippen molar-refractivity contribution in [3.8, 4) is 5.75 Å². The van der Waals surface area contributed by atoms with Gasteiger partial charge in [0.2, 0.25) is 0 Å². The van der Waals surface area contributed by atoms with Gasteiger partial charge in [0.15, 0.2) is 0 Å². The quantitative estimate of drug-likeness (QED) is 0.727. The van der Waals surface area contributed by atoms with Crippen molar-refractivity contribution in [1.29, 1.82) is 0 Å². The van der Waals surface area contributed by atoms with Crippen molar-refractivity contribution in [2.24, 2.45) is 0 Å². The molecule has 0 bridgehead atoms. The Morgan fingerprint density at radius 1 is 1.00 bits per heavy atom. The predicted octanol–water partition coefficient (Wildman–Crippen LogP) is 4.94. The van der Waals surface area contributed by atoms with Gasteiger partial charge < -0.3 is 4.74 Å². The molecule has 1 nitrogen and oxygen atoms in total. The lowest BCUT2D eigenvalue weighted by atomic mass is 9.97. The molecule has 0 saturated carbocycles. The molecular formula is C16H16BrFO. The first-order chi connectivity index (χ1) is 9.02. The summed E-state index contributed by atoms with van der Waals surface area (Å²) >= 11 is 3.67. The molecule has 0 aromatic heterocycles. The summed E-state index contributed by atoms with van der Waals surface area (Å²) in [4.78, 5) is -0.0193. The Labute approximate surface area is 121 Å². The molecule has 100 valence electrons. The largest absolute Gasteiger partial charge is 0.497 e. The van der Waals surface area contributed by atoms with Crippen molar-refractivity contribution in [1.82, 2.24) is 0 Å². The molecule has 2 aromatic rings. The van der Waals surface area contributed by atoms with Crippen LogP contribution in [0.25, 0.3) is 0 Å². The van der Waals surface area contributed by atoms with E-state index in [0.717, 1.165) is 28.0 Å². The van der Waals surface area contributed by atoms with Crippen LogP contribution >= 0.6 is 15.9 Å². The molecule has 2 rings (SSSR count). The van der Waals surface area contributed by atoms with Gasteiger partial charge in [-0.1, -0.05) is 28.1 Å². The first kappa shape index (κ1) is 14.1. The van der Waals surface area contributed by atoms with Gasteiger partial charge in [-0.15, -0.1) is 0 Å². The predicted molar refractivity (Wildman–Crippen MR) is 79.6 cm³/mol. The van der Waals surface area contributed by atoms with Crippen LogP contribution in [0.1, 0.15) is 27.1 Å². The van der Waals surface area contributed by atoms with E-state index < -0.39 is 0 Å². The molecule has 0 N–H and O–H groups in total. The smallest absolute Gasteiger partial charge is 0.123 e. The van der Waals surface area contributed by atoms with Crippen LogP contribution in [0, 0.1) is 19.7 Å². The molecule has 0 aliphatic heterocycles. The molecule has 2 aromatic carbocycles. The molecular weight excluding hydrogens is 307 g/mol. The zero-order chi connectivity index (χ0) is 14.0. The van der Waals surface area contributed by atoms with Gasteiger partial charge in [-0.2, -0.15) is 0 Å². The van der Waals surface area contributed by atoms with Crippen LogP contribution in [0.2, 0.25) is 0 Å². The highest BCUT2D eigenvalue weighted by molar-refractivity contribution is 9.09. The summed E-state index contributed by atoms with van der Waals surface area (Å²) in [6.07, 6.45) is 0. The van der Waals surface area contributed by atoms with E-state index in [1.165, 1.54) is 6.07 Å². The van der Waals surface area contributed by atoms with E-state index in [1.807, 2.05) is 32.0 Å². The second-order valence-electron chi connectivity index (χ2n) is 4.59. The van der Waals surface area contributed by atoms with E-state index in [-0.39, 0.29) is 10.6 Å². The maximum Gasteiger partial charge on any atom is 0.123 e. The van der Waals surface area contributed by atoms with Gasteiger partial charge in [0.25, 0.3) is 0 Å². The Morgan fingerprint density at radius 2 is 1.74 bits per heavy atom. The average Bonchev–Trinajstić information content (AvgIpc) is 2.40. The minimum absolute atomic E-state index is 0.0193. The minimum Gasteiger partial charge on any atom is -0.497 e. The lowest BCUT2D eigenvalue weighted by molar-refractivity contribution is 0.414. The summed E-state index contributed by atoms with van der Waals surface area (Å²) in [6, 6.07) is 10.8. The van der Waals surface area contributed by atoms with E-state index in [2.05, 4.69) is 15.9 Å². The van der Waals surface area contributed by atoms with Gasteiger partial charge in [0, 0.05) is 0 Å². The van der Waals surface area contributed by atoms with Gasteiger partial charge in [0.1, 0.15) is 11.6 Å². The highest BCUT2D eigenvalue weighted by Gasteiger charge is 2.16. The average molecular weight is 323 g/mol. The SMILES string of the molecule is COc1ccc(C(Br)c2cc(F)ccc2C)c(C)c1. The van der Waals surface area contributed by atoms with Crippen LogP contribution in [0.3, 0.4) is 0 Å². The topological polar surface area (TPSA) is 9.23 Å². The molecule has 0 saturated heterocycles. The van der Waals surface area contributed by atoms with Crippen molar-refractivity contribution in [2.45, 2.75) is 18.7 Å². The fraction of sp³-hybridized carbons (Fsp3) is 0.250. The van der Waals surface area contributed by atoms with E-state index in [1.54, 1.807) is 19.2 Å². The number of benzene rings is 2. The molecule has 19 heavy (non-hydrogen) atoms. The summed E-state index contributed by atoms with van der Waals surface area (Å²) in [5, 5.41) is 0. The third-order valence-corrected chi connectivity index (χ3v) is 4.25. The summed E-state index contributed by atoms with van der Waals surface area (Å²) in [6.45, 7) is 4.02. The van der Waals surface area contributed by atoms with Gasteiger partial charge in [-0.05, 0) is 60.4 Å². The lowest BCUT2D eigenvalue weighted by Crippen LogP contribution is -1.99. The Hall–Kier alpha value is -1.35. The maximum absolute atomic E-state index is 13.4. The zero-order valence-corrected chi connectivity index (χ0v) is 12.8. The maximum atomic E-state index is 13.4. The van der Waals surface area contributed by atoms with Crippen molar-refractivity contribution in [3.63, 3.8) is 0 Å². The number of ether oxygens (including phenoxy) is 1. The number of methoxy groups -OCH3 is 1. The fourth-order valence-electron chi connectivity index (χ4n) is 2.11. The third-order valence-electron chi connectivity index (χ3n) is 3.26. The highest BCUT2D eigenvalue weighted by Crippen LogP contribution is 2.36. The molecule has 0 heterocycles. The van der Waals surface area contributed by atoms with Crippen LogP contribution < -0.4 is 4.74 Å². The van der Waals surface area contributed by atoms with Crippen LogP contribution in [-0.2, 0) is 0 Å². The molecule has 1 atom stereocenters. The second-order valence-corrected chi connectivity index (χ2v) is 5.50. The van der Waals surface area contributed by atoms with Crippen LogP contribution in [0.5, 0.6) is 5.75 Å². The number of hydrogen-bond donors (Lipinski definition) is 0. The first-order valence-corrected chi connectivity index (χ1v) is 6.99. The van der Waals surface area contributed by atoms with Crippen LogP contribution in [0.4, 0.5) is 4.39 Å². The number of alkyl halides is 1. The number of rotatable bonds is 3. The summed E-state index contributed by atoms with van der Waals surface area (Å²) in [5.41, 5.74) is 4.26. The Morgan fingerprint density at radius 3 is 2.37 bits per heavy atom. The minimum atomic E-state index is -0.212. The fourth-order valence-corrected chi connectivity index (χ4v) is 3.12. The number of halogens is 2. The van der Waals surface area contributed by atoms with E-state index >= 15 is 0 Å². The molecule has 0 aliphatic carbocycles. The van der Waals surface area contributed by atoms with Crippen molar-refractivity contribution in [2.75, 3.05) is 7.11 Å². The second kappa shape index (κ2) is 5.74. The summed E-state index contributed by atoms with van der Waals surface area (Å²) < 4.78 is 18.6. The standard InChI is InChI=1S/C16H16BrFO/c1-10-4-5-12(18)9-15(10)16(17)14-7-6-13(19-3)8-11(14)2/h4-9,16H,1-3H3. The highest BCUT2D eigenvalue weighted by atomic mass is 79.9. The molecule has 3 heteroatoms. The van der Waals surface area contributed by atoms with Gasteiger partial charge in [-0.3, -0.25) is 0 Å². The van der Waals surface area contributed by atoms with Crippen molar-refractivity contribution < 1.29 is 9.13 Å². The monoisotopic (exact) mass is 322 g/mol. The first-order valence-electron chi connectivity index (χ1n) is 6.07. The number of aryl methyl sites for hydroxylation is 2. The molecule has 0 spiro atoms. The molecule has 0 radical (unpaired) electrons. The third kappa shape index (κ3) is 2.98. The summed E-state index contributed by atoms with van der Waals surface area (Å²) in [5.74, 6) is 0.619. The van der Waals surface area contributed by atoms with E-state index in [4.69, 9.17) is 4.74 Å². The normalized spacial score (nSPS) is 12.3.